The highest BCUT2D eigenvalue weighted by Crippen LogP contribution is 2.33. The number of hydrogen-bond acceptors (Lipinski definition) is 2. The summed E-state index contributed by atoms with van der Waals surface area (Å²) in [4.78, 5) is 16.3. The van der Waals surface area contributed by atoms with Gasteiger partial charge in [0.15, 0.2) is 5.78 Å². The Morgan fingerprint density at radius 2 is 1.88 bits per heavy atom. The Morgan fingerprint density at radius 1 is 1.12 bits per heavy atom. The first-order valence-electron chi connectivity index (χ1n) is 10.3. The van der Waals surface area contributed by atoms with E-state index in [1.165, 1.54) is 0 Å². The molecule has 0 fully saturated rings. The average Bonchev–Trinajstić information content (AvgIpc) is 3.11. The Kier molecular flexibility index (Phi) is 5.88. The second kappa shape index (κ2) is 8.63. The molecule has 3 aromatic carbocycles. The fourth-order valence-corrected chi connectivity index (χ4v) is 4.18. The van der Waals surface area contributed by atoms with Crippen LogP contribution in [0.4, 0.5) is 5.69 Å². The van der Waals surface area contributed by atoms with Crippen LogP contribution in [0.3, 0.4) is 0 Å². The van der Waals surface area contributed by atoms with Crippen LogP contribution in [-0.2, 0) is 17.8 Å². The third kappa shape index (κ3) is 4.31. The SMILES string of the molecule is [C-]#[N+]c1ccc(CC(=O)[C@@](C)(O)Cn2cc(-c3ccccc3)c3cc(C)ccc32)cc1Cl. The fraction of sp³-hybridized carbons (Fsp3) is 0.185. The number of benzene rings is 3. The van der Waals surface area contributed by atoms with Crippen molar-refractivity contribution in [2.45, 2.75) is 32.4 Å². The van der Waals surface area contributed by atoms with Crippen LogP contribution in [0.25, 0.3) is 26.9 Å². The number of fused-ring (bicyclic) bond motifs is 1. The molecule has 1 aromatic heterocycles. The molecule has 1 heterocycles. The van der Waals surface area contributed by atoms with Crippen LogP contribution < -0.4 is 0 Å². The lowest BCUT2D eigenvalue weighted by atomic mass is 9.95. The second-order valence-electron chi connectivity index (χ2n) is 8.33. The molecule has 1 N–H and O–H groups in total. The minimum Gasteiger partial charge on any atom is -0.380 e. The number of aromatic nitrogens is 1. The van der Waals surface area contributed by atoms with E-state index in [0.717, 1.165) is 27.6 Å². The van der Waals surface area contributed by atoms with Crippen LogP contribution in [0, 0.1) is 13.5 Å². The number of hydrogen-bond donors (Lipinski definition) is 1. The summed E-state index contributed by atoms with van der Waals surface area (Å²) in [6.07, 6.45) is 2.04. The van der Waals surface area contributed by atoms with Crippen molar-refractivity contribution in [3.63, 3.8) is 0 Å². The predicted octanol–water partition coefficient (Wildman–Crippen LogP) is 6.38. The summed E-state index contributed by atoms with van der Waals surface area (Å²) in [5.74, 6) is -0.306. The van der Waals surface area contributed by atoms with Crippen LogP contribution in [0.2, 0.25) is 5.02 Å². The molecule has 0 bridgehead atoms. The number of nitrogens with zero attached hydrogens (tertiary/aromatic N) is 2. The highest BCUT2D eigenvalue weighted by molar-refractivity contribution is 6.33. The van der Waals surface area contributed by atoms with Gasteiger partial charge in [-0.15, -0.1) is 0 Å². The van der Waals surface area contributed by atoms with Crippen LogP contribution in [0.15, 0.2) is 72.9 Å². The minimum absolute atomic E-state index is 0.0366. The number of aryl methyl sites for hydroxylation is 1. The van der Waals surface area contributed by atoms with Gasteiger partial charge in [0.25, 0.3) is 0 Å². The van der Waals surface area contributed by atoms with Gasteiger partial charge < -0.3 is 9.67 Å². The van der Waals surface area contributed by atoms with Crippen molar-refractivity contribution in [1.82, 2.24) is 4.57 Å². The van der Waals surface area contributed by atoms with E-state index < -0.39 is 5.60 Å². The van der Waals surface area contributed by atoms with E-state index in [1.807, 2.05) is 41.1 Å². The molecule has 0 aliphatic carbocycles. The van der Waals surface area contributed by atoms with E-state index in [4.69, 9.17) is 18.2 Å². The van der Waals surface area contributed by atoms with Gasteiger partial charge in [-0.2, -0.15) is 0 Å². The van der Waals surface area contributed by atoms with Crippen molar-refractivity contribution in [2.24, 2.45) is 0 Å². The third-order valence-electron chi connectivity index (χ3n) is 5.70. The zero-order valence-electron chi connectivity index (χ0n) is 18.0. The number of Topliss-reactive ketones (excluding diaryl/α,β-unsaturated/α-hetero) is 1. The molecule has 4 aromatic rings. The molecule has 0 aliphatic rings. The number of rotatable bonds is 6. The molecule has 0 aliphatic heterocycles. The molecule has 0 saturated carbocycles. The number of carbonyl (C=O) groups is 1. The summed E-state index contributed by atoms with van der Waals surface area (Å²) in [7, 11) is 0. The lowest BCUT2D eigenvalue weighted by Gasteiger charge is -2.23. The van der Waals surface area contributed by atoms with E-state index in [-0.39, 0.29) is 18.7 Å². The van der Waals surface area contributed by atoms with Crippen molar-refractivity contribution in [2.75, 3.05) is 0 Å². The molecule has 4 rings (SSSR count). The molecule has 5 heteroatoms. The average molecular weight is 443 g/mol. The molecule has 0 amide bonds. The van der Waals surface area contributed by atoms with Gasteiger partial charge >= 0.3 is 0 Å². The molecular weight excluding hydrogens is 420 g/mol. The van der Waals surface area contributed by atoms with Gasteiger partial charge in [0.1, 0.15) is 5.60 Å². The molecular formula is C27H23ClN2O2. The summed E-state index contributed by atoms with van der Waals surface area (Å²) in [6.45, 7) is 10.8. The van der Waals surface area contributed by atoms with Crippen molar-refractivity contribution in [1.29, 1.82) is 0 Å². The lowest BCUT2D eigenvalue weighted by molar-refractivity contribution is -0.136. The Bertz CT molecular complexity index is 1350. The first-order chi connectivity index (χ1) is 15.3. The molecule has 0 spiro atoms. The zero-order chi connectivity index (χ0) is 22.9. The van der Waals surface area contributed by atoms with Crippen molar-refractivity contribution < 1.29 is 9.90 Å². The maximum atomic E-state index is 13.0. The van der Waals surface area contributed by atoms with Crippen LogP contribution >= 0.6 is 11.6 Å². The van der Waals surface area contributed by atoms with Crippen molar-refractivity contribution >= 4 is 34.0 Å². The van der Waals surface area contributed by atoms with Gasteiger partial charge in [0, 0.05) is 34.1 Å². The topological polar surface area (TPSA) is 46.6 Å². The van der Waals surface area contributed by atoms with Crippen molar-refractivity contribution in [3.8, 4) is 11.1 Å². The highest BCUT2D eigenvalue weighted by Gasteiger charge is 2.31. The van der Waals surface area contributed by atoms with Gasteiger partial charge in [-0.05, 0) is 37.1 Å². The number of carbonyl (C=O) groups excluding carboxylic acids is 1. The summed E-state index contributed by atoms with van der Waals surface area (Å²) >= 11 is 6.10. The van der Waals surface area contributed by atoms with Crippen LogP contribution in [0.1, 0.15) is 18.1 Å². The number of halogens is 1. The normalized spacial score (nSPS) is 13.0. The minimum atomic E-state index is -1.57. The summed E-state index contributed by atoms with van der Waals surface area (Å²) in [5, 5.41) is 12.5. The summed E-state index contributed by atoms with van der Waals surface area (Å²) in [5.41, 5.74) is 3.71. The second-order valence-corrected chi connectivity index (χ2v) is 8.74. The van der Waals surface area contributed by atoms with Crippen molar-refractivity contribution in [3.05, 3.63) is 100 Å². The predicted molar refractivity (Wildman–Crippen MR) is 129 cm³/mol. The lowest BCUT2D eigenvalue weighted by Crippen LogP contribution is -2.40. The van der Waals surface area contributed by atoms with Crippen LogP contribution in [0.5, 0.6) is 0 Å². The van der Waals surface area contributed by atoms with Gasteiger partial charge in [0.05, 0.1) is 13.1 Å². The maximum Gasteiger partial charge on any atom is 0.205 e. The quantitative estimate of drug-likeness (QED) is 0.352. The Labute approximate surface area is 192 Å². The van der Waals surface area contributed by atoms with Gasteiger partial charge in [0.2, 0.25) is 5.69 Å². The molecule has 4 nitrogen and oxygen atoms in total. The van der Waals surface area contributed by atoms with Crippen LogP contribution in [-0.4, -0.2) is 21.1 Å². The highest BCUT2D eigenvalue weighted by atomic mass is 35.5. The number of ketones is 1. The first kappa shape index (κ1) is 21.8. The molecule has 0 radical (unpaired) electrons. The fourth-order valence-electron chi connectivity index (χ4n) is 3.94. The molecule has 1 atom stereocenters. The summed E-state index contributed by atoms with van der Waals surface area (Å²) in [6, 6.07) is 21.2. The van der Waals surface area contributed by atoms with E-state index in [0.29, 0.717) is 16.3 Å². The monoisotopic (exact) mass is 442 g/mol. The Balaban J connectivity index is 1.65. The van der Waals surface area contributed by atoms with E-state index in [1.54, 1.807) is 25.1 Å². The molecule has 160 valence electrons. The molecule has 32 heavy (non-hydrogen) atoms. The van der Waals surface area contributed by atoms with Gasteiger partial charge in [-0.3, -0.25) is 4.79 Å². The number of aliphatic hydroxyl groups is 1. The molecule has 0 unspecified atom stereocenters. The van der Waals surface area contributed by atoms with E-state index in [9.17, 15) is 9.90 Å². The zero-order valence-corrected chi connectivity index (χ0v) is 18.7. The maximum absolute atomic E-state index is 13.0. The van der Waals surface area contributed by atoms with Gasteiger partial charge in [-0.25, -0.2) is 4.85 Å². The van der Waals surface area contributed by atoms with E-state index in [2.05, 4.69) is 30.0 Å². The van der Waals surface area contributed by atoms with Gasteiger partial charge in [-0.1, -0.05) is 71.8 Å². The largest absolute Gasteiger partial charge is 0.380 e. The summed E-state index contributed by atoms with van der Waals surface area (Å²) < 4.78 is 1.95. The smallest absolute Gasteiger partial charge is 0.205 e. The third-order valence-corrected chi connectivity index (χ3v) is 6.00. The Morgan fingerprint density at radius 3 is 2.56 bits per heavy atom. The first-order valence-corrected chi connectivity index (χ1v) is 10.7. The molecule has 0 saturated heterocycles. The Hall–Kier alpha value is -3.39. The standard InChI is InChI=1S/C27H23ClN2O2/c1-18-9-12-25-21(13-18)22(20-7-5-4-6-8-20)16-30(25)17-27(2,32)26(31)15-19-10-11-24(29-3)23(28)14-19/h4-14,16,32H,15,17H2,1-2H3/t27-/m0/s1. The van der Waals surface area contributed by atoms with E-state index >= 15 is 0 Å².